The highest BCUT2D eigenvalue weighted by Crippen LogP contribution is 2.26. The zero-order valence-electron chi connectivity index (χ0n) is 10.5. The molecule has 0 aliphatic heterocycles. The fraction of sp³-hybridized carbons (Fsp3) is 0.500. The van der Waals surface area contributed by atoms with Gasteiger partial charge in [0.25, 0.3) is 5.91 Å². The van der Waals surface area contributed by atoms with Crippen LogP contribution in [0.5, 0.6) is 0 Å². The van der Waals surface area contributed by atoms with E-state index >= 15 is 0 Å². The Hall–Kier alpha value is -1.35. The maximum atomic E-state index is 12.2. The van der Waals surface area contributed by atoms with Crippen LogP contribution in [-0.4, -0.2) is 30.4 Å². The Kier molecular flexibility index (Phi) is 3.48. The molecule has 2 N–H and O–H groups in total. The molecule has 0 saturated heterocycles. The van der Waals surface area contributed by atoms with Crippen molar-refractivity contribution in [3.8, 4) is 0 Å². The van der Waals surface area contributed by atoms with Crippen LogP contribution in [0, 0.1) is 12.8 Å². The zero-order valence-corrected chi connectivity index (χ0v) is 10.5. The number of hydrogen-bond donors (Lipinski definition) is 1. The van der Waals surface area contributed by atoms with Gasteiger partial charge in [-0.1, -0.05) is 18.2 Å². The van der Waals surface area contributed by atoms with Gasteiger partial charge in [-0.15, -0.1) is 0 Å². The number of amides is 1. The Morgan fingerprint density at radius 3 is 2.65 bits per heavy atom. The van der Waals surface area contributed by atoms with Gasteiger partial charge in [0.05, 0.1) is 0 Å². The second kappa shape index (κ2) is 4.88. The van der Waals surface area contributed by atoms with Crippen LogP contribution in [-0.2, 0) is 0 Å². The number of rotatable bonds is 3. The van der Waals surface area contributed by atoms with Gasteiger partial charge < -0.3 is 10.6 Å². The van der Waals surface area contributed by atoms with Gasteiger partial charge in [0.15, 0.2) is 0 Å². The van der Waals surface area contributed by atoms with Crippen LogP contribution in [0.2, 0.25) is 0 Å². The largest absolute Gasteiger partial charge is 0.341 e. The Balaban J connectivity index is 1.97. The highest BCUT2D eigenvalue weighted by molar-refractivity contribution is 5.95. The van der Waals surface area contributed by atoms with Crippen LogP contribution in [0.4, 0.5) is 0 Å². The molecule has 1 fully saturated rings. The summed E-state index contributed by atoms with van der Waals surface area (Å²) in [6.07, 6.45) is 2.09. The lowest BCUT2D eigenvalue weighted by atomic mass is 9.80. The van der Waals surface area contributed by atoms with Crippen molar-refractivity contribution in [2.45, 2.75) is 25.8 Å². The highest BCUT2D eigenvalue weighted by atomic mass is 16.2. The first-order valence-corrected chi connectivity index (χ1v) is 6.14. The summed E-state index contributed by atoms with van der Waals surface area (Å²) in [5.41, 5.74) is 7.59. The summed E-state index contributed by atoms with van der Waals surface area (Å²) in [5, 5.41) is 0. The van der Waals surface area contributed by atoms with Crippen molar-refractivity contribution in [3.63, 3.8) is 0 Å². The number of nitrogens with zero attached hydrogens (tertiary/aromatic N) is 1. The molecule has 0 atom stereocenters. The molecule has 2 rings (SSSR count). The minimum atomic E-state index is 0.114. The Morgan fingerprint density at radius 2 is 2.06 bits per heavy atom. The van der Waals surface area contributed by atoms with Gasteiger partial charge in [-0.05, 0) is 37.3 Å². The number of hydrogen-bond acceptors (Lipinski definition) is 2. The molecule has 1 aromatic rings. The van der Waals surface area contributed by atoms with Gasteiger partial charge in [0.2, 0.25) is 0 Å². The summed E-state index contributed by atoms with van der Waals surface area (Å²) in [7, 11) is 1.87. The molecule has 0 radical (unpaired) electrons. The molecule has 17 heavy (non-hydrogen) atoms. The van der Waals surface area contributed by atoms with Gasteiger partial charge in [0.1, 0.15) is 0 Å². The Bertz CT molecular complexity index is 410. The molecule has 0 heterocycles. The number of aryl methyl sites for hydroxylation is 1. The first-order valence-electron chi connectivity index (χ1n) is 6.14. The van der Waals surface area contributed by atoms with E-state index in [4.69, 9.17) is 5.73 Å². The first-order chi connectivity index (χ1) is 8.08. The average molecular weight is 232 g/mol. The standard InChI is InChI=1S/C14H20N2O/c1-10-5-3-4-6-13(10)14(17)16(2)9-11-7-12(15)8-11/h3-6,11-12H,7-9,15H2,1-2H3. The molecule has 1 aliphatic rings. The predicted molar refractivity (Wildman–Crippen MR) is 68.8 cm³/mol. The summed E-state index contributed by atoms with van der Waals surface area (Å²) in [6, 6.07) is 8.08. The average Bonchev–Trinajstić information content (AvgIpc) is 2.26. The second-order valence-corrected chi connectivity index (χ2v) is 5.10. The van der Waals surface area contributed by atoms with Crippen molar-refractivity contribution in [1.82, 2.24) is 4.90 Å². The van der Waals surface area contributed by atoms with E-state index < -0.39 is 0 Å². The topological polar surface area (TPSA) is 46.3 Å². The van der Waals surface area contributed by atoms with Gasteiger partial charge in [-0.3, -0.25) is 4.79 Å². The molecule has 0 bridgehead atoms. The number of carbonyl (C=O) groups excluding carboxylic acids is 1. The molecular formula is C14H20N2O. The molecule has 3 heteroatoms. The van der Waals surface area contributed by atoms with E-state index in [-0.39, 0.29) is 5.91 Å². The summed E-state index contributed by atoms with van der Waals surface area (Å²) in [4.78, 5) is 14.0. The van der Waals surface area contributed by atoms with E-state index in [2.05, 4.69) is 0 Å². The lowest BCUT2D eigenvalue weighted by molar-refractivity contribution is 0.0733. The molecule has 1 saturated carbocycles. The quantitative estimate of drug-likeness (QED) is 0.864. The summed E-state index contributed by atoms with van der Waals surface area (Å²) in [6.45, 7) is 2.79. The third-order valence-corrected chi connectivity index (χ3v) is 3.53. The van der Waals surface area contributed by atoms with E-state index in [1.165, 1.54) is 0 Å². The van der Waals surface area contributed by atoms with Gasteiger partial charge in [-0.2, -0.15) is 0 Å². The first kappa shape index (κ1) is 12.1. The number of benzene rings is 1. The van der Waals surface area contributed by atoms with Gasteiger partial charge >= 0.3 is 0 Å². The van der Waals surface area contributed by atoms with Gasteiger partial charge in [0, 0.05) is 25.2 Å². The summed E-state index contributed by atoms with van der Waals surface area (Å²) >= 11 is 0. The molecule has 0 aromatic heterocycles. The molecule has 1 aromatic carbocycles. The second-order valence-electron chi connectivity index (χ2n) is 5.10. The molecule has 0 spiro atoms. The SMILES string of the molecule is Cc1ccccc1C(=O)N(C)CC1CC(N)C1. The highest BCUT2D eigenvalue weighted by Gasteiger charge is 2.28. The lowest BCUT2D eigenvalue weighted by Gasteiger charge is -2.35. The van der Waals surface area contributed by atoms with E-state index in [9.17, 15) is 4.79 Å². The molecule has 1 aliphatic carbocycles. The summed E-state index contributed by atoms with van der Waals surface area (Å²) in [5.74, 6) is 0.700. The van der Waals surface area contributed by atoms with Crippen molar-refractivity contribution < 1.29 is 4.79 Å². The number of nitrogens with two attached hydrogens (primary N) is 1. The monoisotopic (exact) mass is 232 g/mol. The fourth-order valence-electron chi connectivity index (χ4n) is 2.43. The van der Waals surface area contributed by atoms with Crippen molar-refractivity contribution in [3.05, 3.63) is 35.4 Å². The molecule has 1 amide bonds. The third-order valence-electron chi connectivity index (χ3n) is 3.53. The van der Waals surface area contributed by atoms with E-state index in [0.29, 0.717) is 12.0 Å². The smallest absolute Gasteiger partial charge is 0.253 e. The van der Waals surface area contributed by atoms with Crippen LogP contribution < -0.4 is 5.73 Å². The minimum absolute atomic E-state index is 0.114. The van der Waals surface area contributed by atoms with Crippen LogP contribution in [0.1, 0.15) is 28.8 Å². The van der Waals surface area contributed by atoms with Crippen molar-refractivity contribution in [2.24, 2.45) is 11.7 Å². The maximum absolute atomic E-state index is 12.2. The van der Waals surface area contributed by atoms with Crippen molar-refractivity contribution in [2.75, 3.05) is 13.6 Å². The zero-order chi connectivity index (χ0) is 12.4. The van der Waals surface area contributed by atoms with Crippen molar-refractivity contribution >= 4 is 5.91 Å². The fourth-order valence-corrected chi connectivity index (χ4v) is 2.43. The molecule has 0 unspecified atom stereocenters. The van der Waals surface area contributed by atoms with Crippen LogP contribution >= 0.6 is 0 Å². The number of carbonyl (C=O) groups is 1. The van der Waals surface area contributed by atoms with Gasteiger partial charge in [-0.25, -0.2) is 0 Å². The van der Waals surface area contributed by atoms with E-state index in [0.717, 1.165) is 30.5 Å². The lowest BCUT2D eigenvalue weighted by Crippen LogP contribution is -2.43. The van der Waals surface area contributed by atoms with Crippen LogP contribution in [0.3, 0.4) is 0 Å². The Labute approximate surface area is 103 Å². The predicted octanol–water partition coefficient (Wildman–Crippen LogP) is 1.80. The summed E-state index contributed by atoms with van der Waals surface area (Å²) < 4.78 is 0. The minimum Gasteiger partial charge on any atom is -0.341 e. The maximum Gasteiger partial charge on any atom is 0.253 e. The molecule has 3 nitrogen and oxygen atoms in total. The van der Waals surface area contributed by atoms with Crippen LogP contribution in [0.25, 0.3) is 0 Å². The van der Waals surface area contributed by atoms with E-state index in [1.807, 2.05) is 43.1 Å². The Morgan fingerprint density at radius 1 is 1.41 bits per heavy atom. The normalized spacial score (nSPS) is 23.0. The van der Waals surface area contributed by atoms with Crippen molar-refractivity contribution in [1.29, 1.82) is 0 Å². The molecular weight excluding hydrogens is 212 g/mol. The van der Waals surface area contributed by atoms with Crippen LogP contribution in [0.15, 0.2) is 24.3 Å². The molecule has 92 valence electrons. The van der Waals surface area contributed by atoms with E-state index in [1.54, 1.807) is 0 Å². The third kappa shape index (κ3) is 2.67.